The Labute approximate surface area is 210 Å². The van der Waals surface area contributed by atoms with Gasteiger partial charge in [0.25, 0.3) is 5.91 Å². The van der Waals surface area contributed by atoms with Crippen LogP contribution in [0.25, 0.3) is 32.9 Å². The van der Waals surface area contributed by atoms with E-state index in [9.17, 15) is 18.0 Å². The van der Waals surface area contributed by atoms with Crippen molar-refractivity contribution in [3.05, 3.63) is 90.3 Å². The van der Waals surface area contributed by atoms with Gasteiger partial charge in [-0.15, -0.1) is 13.2 Å². The number of carbonyl (C=O) groups is 1. The van der Waals surface area contributed by atoms with Crippen LogP contribution in [0, 0.1) is 0 Å². The molecule has 0 fully saturated rings. The summed E-state index contributed by atoms with van der Waals surface area (Å²) in [6.07, 6.45) is -0.769. The van der Waals surface area contributed by atoms with Gasteiger partial charge in [-0.05, 0) is 59.5 Å². The predicted octanol–water partition coefficient (Wildman–Crippen LogP) is 5.53. The molecule has 1 amide bonds. The quantitative estimate of drug-likeness (QED) is 0.272. The van der Waals surface area contributed by atoms with Crippen LogP contribution in [0.3, 0.4) is 0 Å². The van der Waals surface area contributed by atoms with Crippen LogP contribution in [0.5, 0.6) is 5.75 Å². The monoisotopic (exact) mass is 506 g/mol. The van der Waals surface area contributed by atoms with Gasteiger partial charge in [0.15, 0.2) is 0 Å². The first-order chi connectivity index (χ1) is 17.7. The van der Waals surface area contributed by atoms with E-state index in [1.165, 1.54) is 18.2 Å². The van der Waals surface area contributed by atoms with Gasteiger partial charge in [-0.3, -0.25) is 4.79 Å². The van der Waals surface area contributed by atoms with E-state index in [0.29, 0.717) is 12.0 Å². The van der Waals surface area contributed by atoms with Crippen molar-refractivity contribution in [1.82, 2.24) is 14.9 Å². The third-order valence-electron chi connectivity index (χ3n) is 6.43. The predicted molar refractivity (Wildman–Crippen MR) is 137 cm³/mol. The van der Waals surface area contributed by atoms with Crippen LogP contribution in [0.4, 0.5) is 13.2 Å². The number of hydrogen-bond acceptors (Lipinski definition) is 3. The highest BCUT2D eigenvalue weighted by molar-refractivity contribution is 5.99. The van der Waals surface area contributed by atoms with Crippen molar-refractivity contribution in [2.24, 2.45) is 12.8 Å². The number of aryl methyl sites for hydroxylation is 1. The number of nitrogens with zero attached hydrogens (tertiary/aromatic N) is 1. The molecule has 190 valence electrons. The Bertz CT molecular complexity index is 1590. The van der Waals surface area contributed by atoms with Crippen LogP contribution in [-0.4, -0.2) is 34.4 Å². The Morgan fingerprint density at radius 3 is 2.62 bits per heavy atom. The summed E-state index contributed by atoms with van der Waals surface area (Å²) in [4.78, 5) is 16.5. The van der Waals surface area contributed by atoms with E-state index in [2.05, 4.69) is 15.0 Å². The molecule has 0 saturated carbocycles. The van der Waals surface area contributed by atoms with Gasteiger partial charge in [0.2, 0.25) is 0 Å². The molecule has 37 heavy (non-hydrogen) atoms. The number of nitrogens with two attached hydrogens (primary N) is 1. The molecule has 0 bridgehead atoms. The number of aromatic nitrogens is 2. The number of nitrogens with one attached hydrogen (secondary N) is 2. The highest BCUT2D eigenvalue weighted by Gasteiger charge is 2.33. The number of carbonyl (C=O) groups excluding carboxylic acids is 1. The zero-order chi connectivity index (χ0) is 26.2. The largest absolute Gasteiger partial charge is 0.573 e. The molecule has 6 nitrogen and oxygen atoms in total. The zero-order valence-electron chi connectivity index (χ0n) is 20.0. The van der Waals surface area contributed by atoms with E-state index in [1.807, 2.05) is 72.5 Å². The molecule has 0 spiro atoms. The lowest BCUT2D eigenvalue weighted by Gasteiger charge is -2.19. The first-order valence-corrected chi connectivity index (χ1v) is 11.7. The summed E-state index contributed by atoms with van der Waals surface area (Å²) in [6, 6.07) is 19.0. The lowest BCUT2D eigenvalue weighted by atomic mass is 10.00. The van der Waals surface area contributed by atoms with Crippen molar-refractivity contribution in [1.29, 1.82) is 0 Å². The van der Waals surface area contributed by atoms with Gasteiger partial charge >= 0.3 is 6.36 Å². The molecule has 0 saturated heterocycles. The third-order valence-corrected chi connectivity index (χ3v) is 6.43. The second kappa shape index (κ2) is 9.67. The van der Waals surface area contributed by atoms with Crippen LogP contribution in [0.15, 0.2) is 79.1 Å². The number of hydrogen-bond donors (Lipinski definition) is 3. The van der Waals surface area contributed by atoms with Crippen molar-refractivity contribution in [3.8, 4) is 16.9 Å². The molecular weight excluding hydrogens is 481 g/mol. The molecule has 5 rings (SSSR count). The van der Waals surface area contributed by atoms with Crippen LogP contribution in [-0.2, 0) is 13.5 Å². The molecule has 1 atom stereocenters. The minimum Gasteiger partial charge on any atom is -0.405 e. The van der Waals surface area contributed by atoms with Gasteiger partial charge in [0.1, 0.15) is 5.75 Å². The highest BCUT2D eigenvalue weighted by Crippen LogP contribution is 2.32. The Kier molecular flexibility index (Phi) is 6.39. The molecule has 4 N–H and O–H groups in total. The van der Waals surface area contributed by atoms with Gasteiger partial charge in [0, 0.05) is 53.8 Å². The molecule has 0 radical (unpaired) electrons. The fraction of sp³-hybridized carbons (Fsp3) is 0.179. The highest BCUT2D eigenvalue weighted by atomic mass is 19.4. The summed E-state index contributed by atoms with van der Waals surface area (Å²) in [5.74, 6) is -1.27. The zero-order valence-corrected chi connectivity index (χ0v) is 20.0. The molecule has 1 unspecified atom stereocenters. The Balaban J connectivity index is 1.45. The van der Waals surface area contributed by atoms with E-state index in [4.69, 9.17) is 5.73 Å². The summed E-state index contributed by atoms with van der Waals surface area (Å²) >= 11 is 0. The number of amides is 1. The first kappa shape index (κ1) is 24.5. The van der Waals surface area contributed by atoms with Crippen molar-refractivity contribution in [3.63, 3.8) is 0 Å². The normalized spacial score (nSPS) is 12.7. The van der Waals surface area contributed by atoms with Crippen LogP contribution >= 0.6 is 0 Å². The molecule has 9 heteroatoms. The SMILES string of the molecule is Cn1ccc2cc(-c3ccc(OC(F)(F)F)c(C(=O)NC(CN)Cc4c[nH]c5ccccc45)c3)ccc21. The number of halogens is 3. The second-order valence-electron chi connectivity index (χ2n) is 8.93. The van der Waals surface area contributed by atoms with Gasteiger partial charge < -0.3 is 25.3 Å². The Morgan fingerprint density at radius 1 is 1.08 bits per heavy atom. The molecular formula is C28H25F3N4O2. The number of aromatic amines is 1. The number of rotatable bonds is 7. The minimum atomic E-state index is -4.95. The van der Waals surface area contributed by atoms with E-state index in [1.54, 1.807) is 0 Å². The molecule has 0 aliphatic carbocycles. The number of benzene rings is 3. The summed E-state index contributed by atoms with van der Waals surface area (Å²) in [5, 5.41) is 4.77. The number of H-pyrrole nitrogens is 1. The smallest absolute Gasteiger partial charge is 0.405 e. The molecule has 2 heterocycles. The molecule has 0 aliphatic rings. The van der Waals surface area contributed by atoms with Crippen molar-refractivity contribution >= 4 is 27.7 Å². The average Bonchev–Trinajstić information content (AvgIpc) is 3.45. The molecule has 2 aromatic heterocycles. The average molecular weight is 507 g/mol. The van der Waals surface area contributed by atoms with Crippen LogP contribution in [0.2, 0.25) is 0 Å². The number of para-hydroxylation sites is 1. The van der Waals surface area contributed by atoms with E-state index in [-0.39, 0.29) is 12.1 Å². The molecule has 3 aromatic carbocycles. The van der Waals surface area contributed by atoms with Gasteiger partial charge in [0.05, 0.1) is 5.56 Å². The summed E-state index contributed by atoms with van der Waals surface area (Å²) < 4.78 is 45.6. The third kappa shape index (κ3) is 5.17. The minimum absolute atomic E-state index is 0.102. The Morgan fingerprint density at radius 2 is 1.84 bits per heavy atom. The lowest BCUT2D eigenvalue weighted by molar-refractivity contribution is -0.274. The fourth-order valence-electron chi connectivity index (χ4n) is 4.58. The van der Waals surface area contributed by atoms with Gasteiger partial charge in [-0.25, -0.2) is 0 Å². The molecule has 0 aliphatic heterocycles. The van der Waals surface area contributed by atoms with Gasteiger partial charge in [-0.2, -0.15) is 0 Å². The number of ether oxygens (including phenoxy) is 1. The fourth-order valence-corrected chi connectivity index (χ4v) is 4.58. The summed E-state index contributed by atoms with van der Waals surface area (Å²) in [7, 11) is 1.93. The maximum Gasteiger partial charge on any atom is 0.573 e. The number of alkyl halides is 3. The van der Waals surface area contributed by atoms with Crippen molar-refractivity contribution in [2.45, 2.75) is 18.8 Å². The van der Waals surface area contributed by atoms with Crippen LogP contribution in [0.1, 0.15) is 15.9 Å². The van der Waals surface area contributed by atoms with E-state index >= 15 is 0 Å². The summed E-state index contributed by atoms with van der Waals surface area (Å²) in [5.41, 5.74) is 9.98. The van der Waals surface area contributed by atoms with Gasteiger partial charge in [-0.1, -0.05) is 30.3 Å². The maximum absolute atomic E-state index is 13.3. The lowest BCUT2D eigenvalue weighted by Crippen LogP contribution is -2.42. The van der Waals surface area contributed by atoms with Crippen molar-refractivity contribution < 1.29 is 22.7 Å². The van der Waals surface area contributed by atoms with Crippen LogP contribution < -0.4 is 15.8 Å². The topological polar surface area (TPSA) is 85.1 Å². The van der Waals surface area contributed by atoms with E-state index < -0.39 is 24.1 Å². The second-order valence-corrected chi connectivity index (χ2v) is 8.93. The molecule has 5 aromatic rings. The first-order valence-electron chi connectivity index (χ1n) is 11.7. The number of fused-ring (bicyclic) bond motifs is 2. The Hall–Kier alpha value is -4.24. The standard InChI is InChI=1S/C28H25F3N4O2/c1-35-11-10-19-12-17(6-8-25(19)35)18-7-9-26(37-28(29,30)31)23(14-18)27(36)34-21(15-32)13-20-16-33-24-5-3-2-4-22(20)24/h2-12,14,16,21,33H,13,15,32H2,1H3,(H,34,36). The maximum atomic E-state index is 13.3. The van der Waals surface area contributed by atoms with Crippen molar-refractivity contribution in [2.75, 3.05) is 6.54 Å². The summed E-state index contributed by atoms with van der Waals surface area (Å²) in [6.45, 7) is 0.102. The van der Waals surface area contributed by atoms with E-state index in [0.717, 1.165) is 32.9 Å².